The van der Waals surface area contributed by atoms with E-state index in [2.05, 4.69) is 10.2 Å². The van der Waals surface area contributed by atoms with Gasteiger partial charge in [-0.3, -0.25) is 9.11 Å². The number of hydrogen-bond donors (Lipinski definition) is 3. The Morgan fingerprint density at radius 3 is 1.88 bits per heavy atom. The van der Waals surface area contributed by atoms with Gasteiger partial charge in [0.1, 0.15) is 5.75 Å². The molecule has 0 unspecified atom stereocenters. The van der Waals surface area contributed by atoms with Crippen molar-refractivity contribution in [3.05, 3.63) is 22.8 Å². The Labute approximate surface area is 98.1 Å². The second-order valence-corrected chi connectivity index (χ2v) is 4.68. The van der Waals surface area contributed by atoms with Crippen LogP contribution in [0.2, 0.25) is 0 Å². The molecule has 0 amide bonds. The lowest BCUT2D eigenvalue weighted by Crippen LogP contribution is -2.10. The minimum atomic E-state index is -4.67. The fourth-order valence-electron chi connectivity index (χ4n) is 1.06. The summed E-state index contributed by atoms with van der Waals surface area (Å²) in [6, 6.07) is 1.77. The SMILES string of the molecule is Cc1cc(O)c([Si])c(C)c1C.O=S(=O)(O)O. The van der Waals surface area contributed by atoms with Gasteiger partial charge in [-0.2, -0.15) is 8.42 Å². The van der Waals surface area contributed by atoms with Crippen molar-refractivity contribution in [3.8, 4) is 5.75 Å². The first-order valence-electron chi connectivity index (χ1n) is 4.25. The van der Waals surface area contributed by atoms with E-state index >= 15 is 0 Å². The van der Waals surface area contributed by atoms with Gasteiger partial charge in [-0.05, 0) is 48.7 Å². The highest BCUT2D eigenvalue weighted by Crippen LogP contribution is 2.16. The predicted octanol–water partition coefficient (Wildman–Crippen LogP) is 0.458. The van der Waals surface area contributed by atoms with E-state index in [4.69, 9.17) is 17.5 Å². The molecule has 1 aromatic carbocycles. The van der Waals surface area contributed by atoms with Gasteiger partial charge in [0.2, 0.25) is 0 Å². The fraction of sp³-hybridized carbons (Fsp3) is 0.333. The van der Waals surface area contributed by atoms with Crippen molar-refractivity contribution < 1.29 is 22.6 Å². The van der Waals surface area contributed by atoms with E-state index in [0.29, 0.717) is 5.75 Å². The third-order valence-electron chi connectivity index (χ3n) is 2.14. The second-order valence-electron chi connectivity index (χ2n) is 3.29. The molecule has 0 saturated carbocycles. The number of aromatic hydroxyl groups is 1. The molecule has 0 saturated heterocycles. The van der Waals surface area contributed by atoms with E-state index < -0.39 is 10.4 Å². The molecule has 0 aliphatic rings. The highest BCUT2D eigenvalue weighted by molar-refractivity contribution is 7.79. The van der Waals surface area contributed by atoms with E-state index in [0.717, 1.165) is 16.3 Å². The molecule has 3 N–H and O–H groups in total. The summed E-state index contributed by atoms with van der Waals surface area (Å²) in [5.41, 5.74) is 3.47. The summed E-state index contributed by atoms with van der Waals surface area (Å²) in [4.78, 5) is 0. The summed E-state index contributed by atoms with van der Waals surface area (Å²) in [5.74, 6) is 0.322. The topological polar surface area (TPSA) is 94.8 Å². The number of phenols is 1. The van der Waals surface area contributed by atoms with Gasteiger partial charge in [-0.25, -0.2) is 0 Å². The molecular formula is C9H13O5SSi. The van der Waals surface area contributed by atoms with Crippen molar-refractivity contribution in [1.82, 2.24) is 0 Å². The van der Waals surface area contributed by atoms with E-state index in [1.165, 1.54) is 5.56 Å². The maximum atomic E-state index is 9.36. The van der Waals surface area contributed by atoms with Gasteiger partial charge in [0.15, 0.2) is 0 Å². The van der Waals surface area contributed by atoms with Crippen LogP contribution in [-0.2, 0) is 10.4 Å². The van der Waals surface area contributed by atoms with Gasteiger partial charge in [-0.1, -0.05) is 0 Å². The van der Waals surface area contributed by atoms with Crippen LogP contribution < -0.4 is 5.19 Å². The molecule has 7 heteroatoms. The third kappa shape index (κ3) is 5.26. The molecule has 0 heterocycles. The molecule has 16 heavy (non-hydrogen) atoms. The summed E-state index contributed by atoms with van der Waals surface area (Å²) >= 11 is 0. The van der Waals surface area contributed by atoms with Gasteiger partial charge < -0.3 is 5.11 Å². The number of aryl methyl sites for hydroxylation is 1. The Morgan fingerprint density at radius 2 is 1.50 bits per heavy atom. The molecule has 0 spiro atoms. The standard InChI is InChI=1S/C9H11OSi.H2O4S/c1-5-4-8(10)9(11)7(3)6(5)2;1-5(2,3)4/h4,10H,1-3H3;(H2,1,2,3,4). The van der Waals surface area contributed by atoms with Crippen LogP contribution >= 0.6 is 0 Å². The van der Waals surface area contributed by atoms with Crippen molar-refractivity contribution in [1.29, 1.82) is 0 Å². The highest BCUT2D eigenvalue weighted by Gasteiger charge is 2.04. The summed E-state index contributed by atoms with van der Waals surface area (Å²) in [7, 11) is -1.30. The second kappa shape index (κ2) is 5.44. The molecule has 0 atom stereocenters. The molecular weight excluding hydrogens is 248 g/mol. The molecule has 0 aliphatic carbocycles. The predicted molar refractivity (Wildman–Crippen MR) is 61.9 cm³/mol. The molecule has 0 fully saturated rings. The van der Waals surface area contributed by atoms with Crippen LogP contribution in [0.15, 0.2) is 6.07 Å². The first kappa shape index (κ1) is 15.1. The molecule has 1 rings (SSSR count). The molecule has 3 radical (unpaired) electrons. The van der Waals surface area contributed by atoms with Gasteiger partial charge in [-0.15, -0.1) is 0 Å². The average Bonchev–Trinajstić information content (AvgIpc) is 2.09. The lowest BCUT2D eigenvalue weighted by molar-refractivity contribution is 0.381. The zero-order valence-corrected chi connectivity index (χ0v) is 11.0. The Kier molecular flexibility index (Phi) is 5.14. The molecule has 89 valence electrons. The van der Waals surface area contributed by atoms with E-state index in [9.17, 15) is 5.11 Å². The Bertz CT molecular complexity index is 447. The molecule has 0 aliphatic heterocycles. The van der Waals surface area contributed by atoms with Crippen LogP contribution in [0.5, 0.6) is 5.75 Å². The Morgan fingerprint density at radius 1 is 1.12 bits per heavy atom. The van der Waals surface area contributed by atoms with Crippen LogP contribution in [0.3, 0.4) is 0 Å². The first-order chi connectivity index (χ1) is 7.04. The zero-order valence-electron chi connectivity index (χ0n) is 9.14. The lowest BCUT2D eigenvalue weighted by Gasteiger charge is -2.09. The quantitative estimate of drug-likeness (QED) is 0.466. The van der Waals surface area contributed by atoms with Crippen molar-refractivity contribution >= 4 is 25.8 Å². The van der Waals surface area contributed by atoms with Crippen LogP contribution in [0.25, 0.3) is 0 Å². The number of rotatable bonds is 0. The van der Waals surface area contributed by atoms with E-state index in [1.54, 1.807) is 6.07 Å². The Balaban J connectivity index is 0.000000385. The zero-order chi connectivity index (χ0) is 13.1. The summed E-state index contributed by atoms with van der Waals surface area (Å²) in [6.07, 6.45) is 0. The van der Waals surface area contributed by atoms with Crippen molar-refractivity contribution in [2.24, 2.45) is 0 Å². The lowest BCUT2D eigenvalue weighted by atomic mass is 10.0. The Hall–Kier alpha value is -0.893. The smallest absolute Gasteiger partial charge is 0.394 e. The van der Waals surface area contributed by atoms with Crippen LogP contribution in [-0.4, -0.2) is 32.9 Å². The van der Waals surface area contributed by atoms with Crippen molar-refractivity contribution in [2.75, 3.05) is 0 Å². The van der Waals surface area contributed by atoms with Crippen molar-refractivity contribution in [3.63, 3.8) is 0 Å². The maximum absolute atomic E-state index is 9.36. The summed E-state index contributed by atoms with van der Waals surface area (Å²) in [5, 5.41) is 10.2. The molecule has 1 aromatic rings. The monoisotopic (exact) mass is 261 g/mol. The summed E-state index contributed by atoms with van der Waals surface area (Å²) in [6.45, 7) is 6.03. The van der Waals surface area contributed by atoms with Gasteiger partial charge in [0.25, 0.3) is 0 Å². The minimum Gasteiger partial charge on any atom is -0.508 e. The van der Waals surface area contributed by atoms with Crippen LogP contribution in [0, 0.1) is 20.8 Å². The highest BCUT2D eigenvalue weighted by atomic mass is 32.3. The van der Waals surface area contributed by atoms with E-state index in [-0.39, 0.29) is 0 Å². The maximum Gasteiger partial charge on any atom is 0.394 e. The van der Waals surface area contributed by atoms with Crippen LogP contribution in [0.1, 0.15) is 16.7 Å². The minimum absolute atomic E-state index is 0.322. The number of hydrogen-bond acceptors (Lipinski definition) is 3. The first-order valence-corrected chi connectivity index (χ1v) is 6.15. The van der Waals surface area contributed by atoms with E-state index in [1.807, 2.05) is 20.8 Å². The van der Waals surface area contributed by atoms with Gasteiger partial charge in [0.05, 0.1) is 10.2 Å². The fourth-order valence-corrected chi connectivity index (χ4v) is 1.32. The van der Waals surface area contributed by atoms with Crippen molar-refractivity contribution in [2.45, 2.75) is 20.8 Å². The van der Waals surface area contributed by atoms with Crippen LogP contribution in [0.4, 0.5) is 0 Å². The number of benzene rings is 1. The number of phenolic OH excluding ortho intramolecular Hbond substituents is 1. The normalized spacial score (nSPS) is 10.6. The molecule has 5 nitrogen and oxygen atoms in total. The molecule has 0 bridgehead atoms. The third-order valence-corrected chi connectivity index (χ3v) is 2.77. The summed E-state index contributed by atoms with van der Waals surface area (Å²) < 4.78 is 31.6. The largest absolute Gasteiger partial charge is 0.508 e. The average molecular weight is 261 g/mol. The van der Waals surface area contributed by atoms with Gasteiger partial charge >= 0.3 is 10.4 Å². The van der Waals surface area contributed by atoms with Gasteiger partial charge in [0, 0.05) is 0 Å². The molecule has 0 aromatic heterocycles.